The predicted molar refractivity (Wildman–Crippen MR) is 75.5 cm³/mol. The monoisotopic (exact) mass is 320 g/mol. The molecule has 17 heavy (non-hydrogen) atoms. The van der Waals surface area contributed by atoms with Crippen molar-refractivity contribution in [1.29, 1.82) is 0 Å². The van der Waals surface area contributed by atoms with Gasteiger partial charge in [0, 0.05) is 30.7 Å². The number of halogens is 2. The Labute approximate surface area is 116 Å². The van der Waals surface area contributed by atoms with Crippen LogP contribution in [0.5, 0.6) is 0 Å². The minimum atomic E-state index is 0.163. The Morgan fingerprint density at radius 2 is 2.24 bits per heavy atom. The summed E-state index contributed by atoms with van der Waals surface area (Å²) in [6.07, 6.45) is 0. The molecule has 0 aliphatic rings. The van der Waals surface area contributed by atoms with Gasteiger partial charge in [0.1, 0.15) is 0 Å². The summed E-state index contributed by atoms with van der Waals surface area (Å²) in [4.78, 5) is 2.17. The van der Waals surface area contributed by atoms with E-state index in [0.29, 0.717) is 18.2 Å². The van der Waals surface area contributed by atoms with Crippen molar-refractivity contribution in [2.45, 2.75) is 6.04 Å². The molecule has 0 heterocycles. The van der Waals surface area contributed by atoms with Crippen LogP contribution in [-0.2, 0) is 4.74 Å². The van der Waals surface area contributed by atoms with Gasteiger partial charge in [-0.2, -0.15) is 0 Å². The van der Waals surface area contributed by atoms with Gasteiger partial charge >= 0.3 is 0 Å². The highest BCUT2D eigenvalue weighted by Gasteiger charge is 2.15. The number of ether oxygens (including phenoxy) is 1. The lowest BCUT2D eigenvalue weighted by Crippen LogP contribution is -2.32. The average Bonchev–Trinajstić information content (AvgIpc) is 2.32. The van der Waals surface area contributed by atoms with Crippen LogP contribution in [0.2, 0.25) is 5.02 Å². The normalized spacial score (nSPS) is 13.1. The predicted octanol–water partition coefficient (Wildman–Crippen LogP) is 2.68. The zero-order valence-electron chi connectivity index (χ0n) is 10.1. The first kappa shape index (κ1) is 14.9. The third-order valence-corrected chi connectivity index (χ3v) is 3.96. The van der Waals surface area contributed by atoms with Crippen LogP contribution in [0.25, 0.3) is 0 Å². The van der Waals surface area contributed by atoms with Crippen molar-refractivity contribution in [1.82, 2.24) is 4.90 Å². The van der Waals surface area contributed by atoms with Gasteiger partial charge in [0.15, 0.2) is 0 Å². The Kier molecular flexibility index (Phi) is 6.44. The molecule has 1 rings (SSSR count). The Balaban J connectivity index is 2.81. The number of hydrogen-bond acceptors (Lipinski definition) is 3. The standard InChI is InChI=1S/C12H18BrClN2O/c1-16(5-6-17-2)12(8-15)9-3-4-10(13)11(14)7-9/h3-4,7,12H,5-6,8,15H2,1-2H3. The highest BCUT2D eigenvalue weighted by Crippen LogP contribution is 2.27. The number of methoxy groups -OCH3 is 1. The van der Waals surface area contributed by atoms with Crippen LogP contribution in [0.1, 0.15) is 11.6 Å². The van der Waals surface area contributed by atoms with E-state index in [1.807, 2.05) is 25.2 Å². The number of rotatable bonds is 6. The molecule has 0 bridgehead atoms. The molecule has 2 N–H and O–H groups in total. The SMILES string of the molecule is COCCN(C)C(CN)c1ccc(Br)c(Cl)c1. The highest BCUT2D eigenvalue weighted by molar-refractivity contribution is 9.10. The van der Waals surface area contributed by atoms with E-state index in [2.05, 4.69) is 20.8 Å². The molecule has 0 aliphatic carbocycles. The fourth-order valence-corrected chi connectivity index (χ4v) is 2.12. The quantitative estimate of drug-likeness (QED) is 0.875. The molecule has 0 amide bonds. The van der Waals surface area contributed by atoms with Crippen molar-refractivity contribution >= 4 is 27.5 Å². The van der Waals surface area contributed by atoms with Crippen LogP contribution in [0, 0.1) is 0 Å². The Hall–Kier alpha value is -0.130. The zero-order chi connectivity index (χ0) is 12.8. The van der Waals surface area contributed by atoms with Gasteiger partial charge in [-0.1, -0.05) is 17.7 Å². The second-order valence-electron chi connectivity index (χ2n) is 3.90. The maximum Gasteiger partial charge on any atom is 0.0589 e. The minimum absolute atomic E-state index is 0.163. The van der Waals surface area contributed by atoms with Crippen molar-refractivity contribution in [2.24, 2.45) is 5.73 Å². The van der Waals surface area contributed by atoms with Crippen LogP contribution in [0.15, 0.2) is 22.7 Å². The minimum Gasteiger partial charge on any atom is -0.383 e. The van der Waals surface area contributed by atoms with Crippen LogP contribution in [0.3, 0.4) is 0 Å². The van der Waals surface area contributed by atoms with Crippen LogP contribution in [0.4, 0.5) is 0 Å². The summed E-state index contributed by atoms with van der Waals surface area (Å²) in [5.41, 5.74) is 6.95. The Morgan fingerprint density at radius 3 is 2.76 bits per heavy atom. The largest absolute Gasteiger partial charge is 0.383 e. The summed E-state index contributed by atoms with van der Waals surface area (Å²) in [6, 6.07) is 6.10. The highest BCUT2D eigenvalue weighted by atomic mass is 79.9. The second kappa shape index (κ2) is 7.34. The van der Waals surface area contributed by atoms with Gasteiger partial charge in [0.25, 0.3) is 0 Å². The lowest BCUT2D eigenvalue weighted by molar-refractivity contribution is 0.140. The summed E-state index contributed by atoms with van der Waals surface area (Å²) >= 11 is 9.48. The van der Waals surface area contributed by atoms with E-state index in [4.69, 9.17) is 22.1 Å². The number of likely N-dealkylation sites (N-methyl/N-ethyl adjacent to an activating group) is 1. The first-order chi connectivity index (χ1) is 8.10. The lowest BCUT2D eigenvalue weighted by atomic mass is 10.1. The number of nitrogens with two attached hydrogens (primary N) is 1. The van der Waals surface area contributed by atoms with Crippen molar-refractivity contribution < 1.29 is 4.74 Å². The van der Waals surface area contributed by atoms with Crippen molar-refractivity contribution in [3.8, 4) is 0 Å². The summed E-state index contributed by atoms with van der Waals surface area (Å²) in [5.74, 6) is 0. The van der Waals surface area contributed by atoms with E-state index in [1.165, 1.54) is 0 Å². The van der Waals surface area contributed by atoms with Gasteiger partial charge in [0.05, 0.1) is 11.6 Å². The van der Waals surface area contributed by atoms with E-state index in [1.54, 1.807) is 7.11 Å². The number of nitrogens with zero attached hydrogens (tertiary/aromatic N) is 1. The van der Waals surface area contributed by atoms with Gasteiger partial charge in [-0.25, -0.2) is 0 Å². The second-order valence-corrected chi connectivity index (χ2v) is 5.16. The van der Waals surface area contributed by atoms with E-state index >= 15 is 0 Å². The molecule has 0 saturated heterocycles. The van der Waals surface area contributed by atoms with Crippen LogP contribution >= 0.6 is 27.5 Å². The lowest BCUT2D eigenvalue weighted by Gasteiger charge is -2.27. The van der Waals surface area contributed by atoms with E-state index in [-0.39, 0.29) is 6.04 Å². The van der Waals surface area contributed by atoms with Gasteiger partial charge < -0.3 is 10.5 Å². The van der Waals surface area contributed by atoms with Gasteiger partial charge in [-0.05, 0) is 40.7 Å². The first-order valence-electron chi connectivity index (χ1n) is 5.44. The molecule has 0 radical (unpaired) electrons. The smallest absolute Gasteiger partial charge is 0.0589 e. The van der Waals surface area contributed by atoms with E-state index < -0.39 is 0 Å². The molecular weight excluding hydrogens is 304 g/mol. The summed E-state index contributed by atoms with van der Waals surface area (Å²) < 4.78 is 5.97. The average molecular weight is 322 g/mol. The van der Waals surface area contributed by atoms with E-state index in [0.717, 1.165) is 16.6 Å². The molecule has 0 aliphatic heterocycles. The maximum atomic E-state index is 6.09. The third-order valence-electron chi connectivity index (χ3n) is 2.73. The van der Waals surface area contributed by atoms with Crippen LogP contribution in [-0.4, -0.2) is 38.8 Å². The maximum absolute atomic E-state index is 6.09. The molecule has 1 aromatic carbocycles. The summed E-state index contributed by atoms with van der Waals surface area (Å²) in [5, 5.41) is 0.709. The Morgan fingerprint density at radius 1 is 1.53 bits per heavy atom. The molecule has 0 saturated carbocycles. The molecule has 3 nitrogen and oxygen atoms in total. The zero-order valence-corrected chi connectivity index (χ0v) is 12.5. The van der Waals surface area contributed by atoms with Crippen LogP contribution < -0.4 is 5.73 Å². The Bertz CT molecular complexity index is 362. The van der Waals surface area contributed by atoms with Gasteiger partial charge in [-0.15, -0.1) is 0 Å². The molecule has 1 atom stereocenters. The van der Waals surface area contributed by atoms with Crippen molar-refractivity contribution in [3.05, 3.63) is 33.3 Å². The molecule has 1 aromatic rings. The first-order valence-corrected chi connectivity index (χ1v) is 6.61. The van der Waals surface area contributed by atoms with Gasteiger partial charge in [-0.3, -0.25) is 4.90 Å². The molecule has 1 unspecified atom stereocenters. The molecular formula is C12H18BrClN2O. The molecule has 0 spiro atoms. The fraction of sp³-hybridized carbons (Fsp3) is 0.500. The summed E-state index contributed by atoms with van der Waals surface area (Å²) in [6.45, 7) is 2.08. The fourth-order valence-electron chi connectivity index (χ4n) is 1.68. The van der Waals surface area contributed by atoms with E-state index in [9.17, 15) is 0 Å². The molecule has 0 fully saturated rings. The molecule has 0 aromatic heterocycles. The molecule has 5 heteroatoms. The van der Waals surface area contributed by atoms with Crippen molar-refractivity contribution in [2.75, 3.05) is 33.9 Å². The molecule has 96 valence electrons. The topological polar surface area (TPSA) is 38.5 Å². The van der Waals surface area contributed by atoms with Gasteiger partial charge in [0.2, 0.25) is 0 Å². The van der Waals surface area contributed by atoms with Crippen molar-refractivity contribution in [3.63, 3.8) is 0 Å². The number of hydrogen-bond donors (Lipinski definition) is 1. The number of benzene rings is 1. The third kappa shape index (κ3) is 4.23. The summed E-state index contributed by atoms with van der Waals surface area (Å²) in [7, 11) is 3.73.